The second-order valence-electron chi connectivity index (χ2n) is 4.50. The molecule has 0 aliphatic carbocycles. The van der Waals surface area contributed by atoms with Crippen molar-refractivity contribution in [3.8, 4) is 0 Å². The second kappa shape index (κ2) is 5.68. The second-order valence-corrected chi connectivity index (χ2v) is 4.50. The number of amides is 1. The van der Waals surface area contributed by atoms with E-state index in [1.807, 2.05) is 0 Å². The lowest BCUT2D eigenvalue weighted by atomic mass is 10.1. The Morgan fingerprint density at radius 1 is 1.60 bits per heavy atom. The minimum Gasteiger partial charge on any atom is -0.469 e. The summed E-state index contributed by atoms with van der Waals surface area (Å²) in [5, 5.41) is 14.3. The maximum absolute atomic E-state index is 12.0. The first-order valence-corrected chi connectivity index (χ1v) is 6.03. The van der Waals surface area contributed by atoms with Crippen LogP contribution in [0.1, 0.15) is 6.42 Å². The molecule has 0 N–H and O–H groups in total. The molecule has 9 heteroatoms. The molecule has 2 rings (SSSR count). The van der Waals surface area contributed by atoms with Crippen LogP contribution in [0.5, 0.6) is 0 Å². The zero-order valence-corrected chi connectivity index (χ0v) is 10.9. The van der Waals surface area contributed by atoms with Crippen LogP contribution in [0.4, 0.5) is 5.69 Å². The molecule has 1 amide bonds. The van der Waals surface area contributed by atoms with Gasteiger partial charge in [-0.15, -0.1) is 0 Å². The van der Waals surface area contributed by atoms with Crippen LogP contribution in [0, 0.1) is 16.0 Å². The molecule has 1 aromatic heterocycles. The maximum atomic E-state index is 12.0. The van der Waals surface area contributed by atoms with Gasteiger partial charge in [-0.3, -0.25) is 24.4 Å². The molecular weight excluding hydrogens is 268 g/mol. The third-order valence-electron chi connectivity index (χ3n) is 3.20. The molecule has 1 aromatic rings. The molecule has 1 aliphatic heterocycles. The summed E-state index contributed by atoms with van der Waals surface area (Å²) >= 11 is 0. The van der Waals surface area contributed by atoms with Gasteiger partial charge in [-0.1, -0.05) is 0 Å². The molecule has 0 saturated carbocycles. The number of hydrogen-bond donors (Lipinski definition) is 0. The number of nitrogens with zero attached hydrogens (tertiary/aromatic N) is 4. The lowest BCUT2D eigenvalue weighted by Crippen LogP contribution is -2.33. The summed E-state index contributed by atoms with van der Waals surface area (Å²) in [4.78, 5) is 34.8. The highest BCUT2D eigenvalue weighted by atomic mass is 16.6. The molecule has 2 heterocycles. The summed E-state index contributed by atoms with van der Waals surface area (Å²) in [7, 11) is 1.32. The Morgan fingerprint density at radius 2 is 2.35 bits per heavy atom. The van der Waals surface area contributed by atoms with E-state index >= 15 is 0 Å². The summed E-state index contributed by atoms with van der Waals surface area (Å²) < 4.78 is 5.85. The zero-order valence-electron chi connectivity index (χ0n) is 10.9. The van der Waals surface area contributed by atoms with Crippen LogP contribution in [-0.2, 0) is 20.9 Å². The molecule has 0 bridgehead atoms. The molecule has 0 radical (unpaired) electrons. The summed E-state index contributed by atoms with van der Waals surface area (Å²) in [6, 6.07) is 0. The van der Waals surface area contributed by atoms with Crippen molar-refractivity contribution in [3.63, 3.8) is 0 Å². The van der Waals surface area contributed by atoms with E-state index in [1.165, 1.54) is 22.9 Å². The van der Waals surface area contributed by atoms with Crippen LogP contribution in [0.2, 0.25) is 0 Å². The average molecular weight is 282 g/mol. The predicted octanol–water partition coefficient (Wildman–Crippen LogP) is -0.187. The highest BCUT2D eigenvalue weighted by Crippen LogP contribution is 2.18. The van der Waals surface area contributed by atoms with Gasteiger partial charge in [-0.2, -0.15) is 5.10 Å². The minimum atomic E-state index is -0.572. The van der Waals surface area contributed by atoms with Gasteiger partial charge in [0.2, 0.25) is 5.91 Å². The molecule has 1 atom stereocenters. The van der Waals surface area contributed by atoms with Crippen molar-refractivity contribution >= 4 is 17.6 Å². The van der Waals surface area contributed by atoms with Crippen molar-refractivity contribution in [2.75, 3.05) is 20.2 Å². The fraction of sp³-hybridized carbons (Fsp3) is 0.545. The summed E-state index contributed by atoms with van der Waals surface area (Å²) in [6.07, 6.45) is 2.86. The monoisotopic (exact) mass is 282 g/mol. The van der Waals surface area contributed by atoms with Gasteiger partial charge in [0.1, 0.15) is 18.9 Å². The molecular formula is C11H14N4O5. The topological polar surface area (TPSA) is 108 Å². The van der Waals surface area contributed by atoms with Crippen molar-refractivity contribution in [1.82, 2.24) is 14.7 Å². The number of methoxy groups -OCH3 is 1. The van der Waals surface area contributed by atoms with Gasteiger partial charge in [0, 0.05) is 13.1 Å². The van der Waals surface area contributed by atoms with Crippen molar-refractivity contribution in [1.29, 1.82) is 0 Å². The van der Waals surface area contributed by atoms with Crippen LogP contribution in [0.3, 0.4) is 0 Å². The van der Waals surface area contributed by atoms with Gasteiger partial charge in [-0.05, 0) is 6.42 Å². The fourth-order valence-corrected chi connectivity index (χ4v) is 2.12. The van der Waals surface area contributed by atoms with Crippen molar-refractivity contribution < 1.29 is 19.2 Å². The summed E-state index contributed by atoms with van der Waals surface area (Å²) in [6.45, 7) is 0.707. The zero-order chi connectivity index (χ0) is 14.7. The Morgan fingerprint density at radius 3 is 2.95 bits per heavy atom. The van der Waals surface area contributed by atoms with Crippen molar-refractivity contribution in [2.45, 2.75) is 13.0 Å². The Kier molecular flexibility index (Phi) is 3.97. The lowest BCUT2D eigenvalue weighted by Gasteiger charge is -2.15. The predicted molar refractivity (Wildman–Crippen MR) is 65.6 cm³/mol. The van der Waals surface area contributed by atoms with Gasteiger partial charge >= 0.3 is 11.7 Å². The fourth-order valence-electron chi connectivity index (χ4n) is 2.12. The Balaban J connectivity index is 1.92. The molecule has 0 aromatic carbocycles. The first kappa shape index (κ1) is 14.0. The number of hydrogen-bond acceptors (Lipinski definition) is 6. The maximum Gasteiger partial charge on any atom is 0.310 e. The van der Waals surface area contributed by atoms with E-state index in [4.69, 9.17) is 0 Å². The van der Waals surface area contributed by atoms with Crippen LogP contribution in [0.25, 0.3) is 0 Å². The number of esters is 1. The minimum absolute atomic E-state index is 0.0816. The molecule has 108 valence electrons. The van der Waals surface area contributed by atoms with E-state index in [1.54, 1.807) is 0 Å². The molecule has 20 heavy (non-hydrogen) atoms. The van der Waals surface area contributed by atoms with E-state index in [2.05, 4.69) is 9.84 Å². The van der Waals surface area contributed by atoms with Gasteiger partial charge in [0.05, 0.1) is 18.0 Å². The van der Waals surface area contributed by atoms with Gasteiger partial charge in [-0.25, -0.2) is 0 Å². The standard InChI is InChI=1S/C11H14N4O5/c1-20-11(17)8-2-3-13(5-8)10(16)7-14-6-9(4-12-14)15(18)19/h4,6,8H,2-3,5,7H2,1H3. The smallest absolute Gasteiger partial charge is 0.310 e. The molecule has 1 fully saturated rings. The van der Waals surface area contributed by atoms with Crippen LogP contribution in [-0.4, -0.2) is 51.7 Å². The number of nitro groups is 1. The number of likely N-dealkylation sites (tertiary alicyclic amines) is 1. The number of aromatic nitrogens is 2. The van der Waals surface area contributed by atoms with E-state index < -0.39 is 4.92 Å². The van der Waals surface area contributed by atoms with E-state index in [9.17, 15) is 19.7 Å². The summed E-state index contributed by atoms with van der Waals surface area (Å²) in [5.41, 5.74) is -0.161. The molecule has 0 spiro atoms. The Hall–Kier alpha value is -2.45. The van der Waals surface area contributed by atoms with Crippen LogP contribution < -0.4 is 0 Å². The van der Waals surface area contributed by atoms with E-state index in [0.717, 1.165) is 6.20 Å². The number of carbonyl (C=O) groups excluding carboxylic acids is 2. The largest absolute Gasteiger partial charge is 0.469 e. The molecule has 1 saturated heterocycles. The third kappa shape index (κ3) is 2.92. The van der Waals surface area contributed by atoms with E-state index in [-0.39, 0.29) is 30.0 Å². The van der Waals surface area contributed by atoms with Gasteiger partial charge < -0.3 is 9.64 Å². The van der Waals surface area contributed by atoms with Crippen LogP contribution >= 0.6 is 0 Å². The third-order valence-corrected chi connectivity index (χ3v) is 3.20. The lowest BCUT2D eigenvalue weighted by molar-refractivity contribution is -0.385. The Labute approximate surface area is 114 Å². The quantitative estimate of drug-likeness (QED) is 0.430. The van der Waals surface area contributed by atoms with Crippen LogP contribution in [0.15, 0.2) is 12.4 Å². The van der Waals surface area contributed by atoms with Crippen molar-refractivity contribution in [2.24, 2.45) is 5.92 Å². The highest BCUT2D eigenvalue weighted by Gasteiger charge is 2.31. The SMILES string of the molecule is COC(=O)C1CCN(C(=O)Cn2cc([N+](=O)[O-])cn2)C1. The first-order valence-electron chi connectivity index (χ1n) is 6.03. The van der Waals surface area contributed by atoms with E-state index in [0.29, 0.717) is 19.5 Å². The number of carbonyl (C=O) groups is 2. The Bertz CT molecular complexity index is 541. The summed E-state index contributed by atoms with van der Waals surface area (Å²) in [5.74, 6) is -0.847. The molecule has 1 aliphatic rings. The number of ether oxygens (including phenoxy) is 1. The molecule has 1 unspecified atom stereocenters. The van der Waals surface area contributed by atoms with Gasteiger partial charge in [0.15, 0.2) is 0 Å². The number of rotatable bonds is 4. The van der Waals surface area contributed by atoms with Gasteiger partial charge in [0.25, 0.3) is 0 Å². The first-order chi connectivity index (χ1) is 9.51. The van der Waals surface area contributed by atoms with Crippen molar-refractivity contribution in [3.05, 3.63) is 22.5 Å². The molecule has 9 nitrogen and oxygen atoms in total. The normalized spacial score (nSPS) is 18.1. The average Bonchev–Trinajstić information content (AvgIpc) is 3.06. The highest BCUT2D eigenvalue weighted by molar-refractivity contribution is 5.79.